The van der Waals surface area contributed by atoms with Gasteiger partial charge in [-0.25, -0.2) is 9.59 Å². The highest BCUT2D eigenvalue weighted by atomic mass is 16.6. The Labute approximate surface area is 146 Å². The SMILES string of the molecule is CCO.CCOC(=O)C(O)C(C)N.CCOC(=O)C(O)C(C)[N+](=O)[O-]. The fraction of sp³-hybridized carbons (Fsp3) is 0.857. The van der Waals surface area contributed by atoms with Crippen LogP contribution in [0.4, 0.5) is 0 Å². The van der Waals surface area contributed by atoms with Gasteiger partial charge in [-0.15, -0.1) is 0 Å². The fourth-order valence-electron chi connectivity index (χ4n) is 0.982. The Kier molecular flexibility index (Phi) is 19.1. The number of carbonyl (C=O) groups excluding carboxylic acids is 2. The predicted octanol–water partition coefficient (Wildman–Crippen LogP) is -1.17. The lowest BCUT2D eigenvalue weighted by molar-refractivity contribution is -0.527. The van der Waals surface area contributed by atoms with Gasteiger partial charge in [-0.3, -0.25) is 10.1 Å². The number of nitrogens with two attached hydrogens (primary N) is 1. The molecule has 5 N–H and O–H groups in total. The van der Waals surface area contributed by atoms with E-state index >= 15 is 0 Å². The zero-order valence-electron chi connectivity index (χ0n) is 15.2. The van der Waals surface area contributed by atoms with Crippen molar-refractivity contribution in [2.75, 3.05) is 19.8 Å². The maximum Gasteiger partial charge on any atom is 0.342 e. The van der Waals surface area contributed by atoms with E-state index in [0.717, 1.165) is 6.92 Å². The standard InChI is InChI=1S/C6H11NO5.C6H13NO3.C2H6O/c1-3-12-6(9)5(8)4(2)7(10)11;1-3-10-6(9)5(8)4(2)7;1-2-3/h4-5,8H,3H2,1-2H3;4-5,8H,3,7H2,1-2H3;3H,2H2,1H3. The van der Waals surface area contributed by atoms with Gasteiger partial charge >= 0.3 is 11.9 Å². The zero-order chi connectivity index (χ0) is 20.6. The second kappa shape index (κ2) is 17.0. The summed E-state index contributed by atoms with van der Waals surface area (Å²) >= 11 is 0. The number of nitro groups is 1. The lowest BCUT2D eigenvalue weighted by atomic mass is 10.2. The quantitative estimate of drug-likeness (QED) is 0.242. The summed E-state index contributed by atoms with van der Waals surface area (Å²) in [6.07, 6.45) is -2.88. The molecule has 0 aliphatic carbocycles. The third-order valence-electron chi connectivity index (χ3n) is 2.34. The van der Waals surface area contributed by atoms with Crippen molar-refractivity contribution in [3.63, 3.8) is 0 Å². The molecule has 0 fully saturated rings. The lowest BCUT2D eigenvalue weighted by Gasteiger charge is -2.11. The highest BCUT2D eigenvalue weighted by molar-refractivity contribution is 5.75. The number of carbonyl (C=O) groups is 2. The number of ether oxygens (including phenoxy) is 2. The molecule has 25 heavy (non-hydrogen) atoms. The molecule has 0 saturated heterocycles. The van der Waals surface area contributed by atoms with E-state index in [0.29, 0.717) is 0 Å². The second-order valence-electron chi connectivity index (χ2n) is 4.60. The molecule has 0 aliphatic rings. The van der Waals surface area contributed by atoms with E-state index in [2.05, 4.69) is 9.47 Å². The Balaban J connectivity index is -0.000000338. The molecule has 0 rings (SSSR count). The van der Waals surface area contributed by atoms with E-state index in [-0.39, 0.29) is 19.8 Å². The van der Waals surface area contributed by atoms with Crippen molar-refractivity contribution in [2.45, 2.75) is 58.9 Å². The molecule has 0 saturated carbocycles. The van der Waals surface area contributed by atoms with Crippen molar-refractivity contribution in [1.29, 1.82) is 0 Å². The van der Waals surface area contributed by atoms with Gasteiger partial charge in [0.2, 0.25) is 12.1 Å². The van der Waals surface area contributed by atoms with Gasteiger partial charge in [0.05, 0.1) is 13.2 Å². The first-order valence-corrected chi connectivity index (χ1v) is 7.70. The van der Waals surface area contributed by atoms with Gasteiger partial charge in [0, 0.05) is 24.5 Å². The minimum absolute atomic E-state index is 0.0975. The topological polar surface area (TPSA) is 182 Å². The summed E-state index contributed by atoms with van der Waals surface area (Å²) in [5.74, 6) is -1.61. The minimum Gasteiger partial charge on any atom is -0.464 e. The maximum atomic E-state index is 10.7. The van der Waals surface area contributed by atoms with Crippen LogP contribution in [0.5, 0.6) is 0 Å². The summed E-state index contributed by atoms with van der Waals surface area (Å²) in [5.41, 5.74) is 5.22. The summed E-state index contributed by atoms with van der Waals surface area (Å²) < 4.78 is 8.88. The van der Waals surface area contributed by atoms with Gasteiger partial charge < -0.3 is 30.5 Å². The monoisotopic (exact) mass is 370 g/mol. The second-order valence-corrected chi connectivity index (χ2v) is 4.60. The van der Waals surface area contributed by atoms with Gasteiger partial charge in [-0.05, 0) is 27.7 Å². The number of aliphatic hydroxyl groups excluding tert-OH is 3. The largest absolute Gasteiger partial charge is 0.464 e. The van der Waals surface area contributed by atoms with Crippen LogP contribution < -0.4 is 5.73 Å². The Hall–Kier alpha value is -1.82. The van der Waals surface area contributed by atoms with Crippen molar-refractivity contribution in [2.24, 2.45) is 5.73 Å². The van der Waals surface area contributed by atoms with Crippen molar-refractivity contribution in [1.82, 2.24) is 0 Å². The first kappa shape index (κ1) is 28.0. The van der Waals surface area contributed by atoms with Crippen molar-refractivity contribution >= 4 is 11.9 Å². The molecule has 150 valence electrons. The normalized spacial score (nSPS) is 14.3. The maximum absolute atomic E-state index is 10.7. The summed E-state index contributed by atoms with van der Waals surface area (Å²) in [4.78, 5) is 30.7. The third-order valence-corrected chi connectivity index (χ3v) is 2.34. The molecule has 0 aliphatic heterocycles. The molecule has 0 aromatic rings. The highest BCUT2D eigenvalue weighted by Gasteiger charge is 2.31. The number of rotatable bonds is 7. The Morgan fingerprint density at radius 1 is 1.04 bits per heavy atom. The van der Waals surface area contributed by atoms with Crippen LogP contribution in [0.2, 0.25) is 0 Å². The van der Waals surface area contributed by atoms with Crippen LogP contribution in [0.15, 0.2) is 0 Å². The van der Waals surface area contributed by atoms with Crippen molar-refractivity contribution in [3.8, 4) is 0 Å². The molecule has 0 aromatic heterocycles. The number of hydrogen-bond acceptors (Lipinski definition) is 10. The van der Waals surface area contributed by atoms with E-state index in [9.17, 15) is 19.7 Å². The first-order valence-electron chi connectivity index (χ1n) is 7.70. The van der Waals surface area contributed by atoms with Gasteiger partial charge in [0.25, 0.3) is 0 Å². The Bertz CT molecular complexity index is 377. The van der Waals surface area contributed by atoms with Crippen molar-refractivity contribution < 1.29 is 39.3 Å². The molecule has 11 nitrogen and oxygen atoms in total. The molecule has 0 aromatic carbocycles. The fourth-order valence-corrected chi connectivity index (χ4v) is 0.982. The lowest BCUT2D eigenvalue weighted by Crippen LogP contribution is -2.39. The van der Waals surface area contributed by atoms with Crippen molar-refractivity contribution in [3.05, 3.63) is 10.1 Å². The van der Waals surface area contributed by atoms with Crippen LogP contribution in [-0.4, -0.2) is 76.3 Å². The van der Waals surface area contributed by atoms with Crippen LogP contribution >= 0.6 is 0 Å². The van der Waals surface area contributed by atoms with E-state index in [1.807, 2.05) is 0 Å². The third kappa shape index (κ3) is 15.4. The molecule has 0 amide bonds. The zero-order valence-corrected chi connectivity index (χ0v) is 15.2. The van der Waals surface area contributed by atoms with Crippen LogP contribution in [-0.2, 0) is 19.1 Å². The van der Waals surface area contributed by atoms with E-state index < -0.39 is 41.2 Å². The van der Waals surface area contributed by atoms with Gasteiger partial charge in [0.15, 0.2) is 6.10 Å². The summed E-state index contributed by atoms with van der Waals surface area (Å²) in [6, 6.07) is -1.90. The van der Waals surface area contributed by atoms with Crippen LogP contribution in [0, 0.1) is 10.1 Å². The molecule has 0 bridgehead atoms. The summed E-state index contributed by atoms with van der Waals surface area (Å²) in [7, 11) is 0. The first-order chi connectivity index (χ1) is 11.5. The van der Waals surface area contributed by atoms with Crippen LogP contribution in [0.1, 0.15) is 34.6 Å². The number of nitrogens with zero attached hydrogens (tertiary/aromatic N) is 1. The van der Waals surface area contributed by atoms with Crippen LogP contribution in [0.3, 0.4) is 0 Å². The molecular formula is C14H30N2O9. The Morgan fingerprint density at radius 3 is 1.60 bits per heavy atom. The van der Waals surface area contributed by atoms with E-state index in [1.165, 1.54) is 0 Å². The molecule has 0 spiro atoms. The molecule has 0 radical (unpaired) electrons. The van der Waals surface area contributed by atoms with Gasteiger partial charge in [-0.1, -0.05) is 0 Å². The average molecular weight is 370 g/mol. The molecule has 0 heterocycles. The van der Waals surface area contributed by atoms with Crippen LogP contribution in [0.25, 0.3) is 0 Å². The van der Waals surface area contributed by atoms with E-state index in [1.54, 1.807) is 27.7 Å². The predicted molar refractivity (Wildman–Crippen MR) is 88.1 cm³/mol. The van der Waals surface area contributed by atoms with E-state index in [4.69, 9.17) is 21.1 Å². The highest BCUT2D eigenvalue weighted by Crippen LogP contribution is 1.99. The Morgan fingerprint density at radius 2 is 1.36 bits per heavy atom. The summed E-state index contributed by atoms with van der Waals surface area (Å²) in [5, 5.41) is 35.6. The summed E-state index contributed by atoms with van der Waals surface area (Å²) in [6.45, 7) is 8.21. The van der Waals surface area contributed by atoms with Gasteiger partial charge in [0.1, 0.15) is 0 Å². The average Bonchev–Trinajstić information content (AvgIpc) is 2.54. The molecular weight excluding hydrogens is 340 g/mol. The molecule has 4 atom stereocenters. The smallest absolute Gasteiger partial charge is 0.342 e. The number of esters is 2. The minimum atomic E-state index is -1.68. The molecule has 4 unspecified atom stereocenters. The van der Waals surface area contributed by atoms with Gasteiger partial charge in [-0.2, -0.15) is 0 Å². The number of aliphatic hydroxyl groups is 3. The number of hydrogen-bond donors (Lipinski definition) is 4. The molecule has 11 heteroatoms.